The number of thioether (sulfide) groups is 1. The van der Waals surface area contributed by atoms with Crippen molar-refractivity contribution in [2.24, 2.45) is 5.41 Å². The van der Waals surface area contributed by atoms with Gasteiger partial charge in [0.05, 0.1) is 17.2 Å². The molecule has 2 aromatic rings. The molecule has 0 radical (unpaired) electrons. The molecule has 2 N–H and O–H groups in total. The van der Waals surface area contributed by atoms with Gasteiger partial charge in [-0.3, -0.25) is 9.59 Å². The molecule has 2 heterocycles. The van der Waals surface area contributed by atoms with Crippen molar-refractivity contribution < 1.29 is 4.79 Å². The Kier molecular flexibility index (Phi) is 6.25. The van der Waals surface area contributed by atoms with Gasteiger partial charge in [-0.2, -0.15) is 5.26 Å². The molecule has 1 aromatic heterocycles. The summed E-state index contributed by atoms with van der Waals surface area (Å²) >= 11 is 1.55. The molecule has 1 unspecified atom stereocenters. The van der Waals surface area contributed by atoms with Crippen LogP contribution in [-0.2, 0) is 4.79 Å². The van der Waals surface area contributed by atoms with Crippen LogP contribution in [0, 0.1) is 16.7 Å². The lowest BCUT2D eigenvalue weighted by atomic mass is 9.69. The van der Waals surface area contributed by atoms with E-state index < -0.39 is 5.92 Å². The van der Waals surface area contributed by atoms with E-state index in [1.54, 1.807) is 23.9 Å². The number of rotatable bonds is 6. The number of carbonyl (C=O) groups is 1. The fraction of sp³-hybridized carbons (Fsp3) is 0.440. The number of nitrogens with zero attached hydrogens (tertiary/aromatic N) is 2. The van der Waals surface area contributed by atoms with E-state index in [2.05, 4.69) is 37.1 Å². The quantitative estimate of drug-likeness (QED) is 0.361. The third kappa shape index (κ3) is 4.37. The van der Waals surface area contributed by atoms with Gasteiger partial charge < -0.3 is 10.3 Å². The average Bonchev–Trinajstić information content (AvgIpc) is 2.74. The Morgan fingerprint density at radius 2 is 1.94 bits per heavy atom. The first kappa shape index (κ1) is 22.3. The van der Waals surface area contributed by atoms with Crippen molar-refractivity contribution in [3.05, 3.63) is 62.6 Å². The van der Waals surface area contributed by atoms with Crippen molar-refractivity contribution in [1.82, 2.24) is 9.97 Å². The van der Waals surface area contributed by atoms with Gasteiger partial charge >= 0.3 is 0 Å². The second-order valence-electron chi connectivity index (χ2n) is 9.31. The monoisotopic (exact) mass is 448 g/mol. The van der Waals surface area contributed by atoms with E-state index in [4.69, 9.17) is 4.98 Å². The van der Waals surface area contributed by atoms with Gasteiger partial charge in [0, 0.05) is 29.4 Å². The Morgan fingerprint density at radius 3 is 2.62 bits per heavy atom. The number of hydrogen-bond acceptors (Lipinski definition) is 6. The van der Waals surface area contributed by atoms with E-state index in [0.29, 0.717) is 40.5 Å². The van der Waals surface area contributed by atoms with E-state index in [9.17, 15) is 14.9 Å². The van der Waals surface area contributed by atoms with Crippen molar-refractivity contribution >= 4 is 23.4 Å². The van der Waals surface area contributed by atoms with Gasteiger partial charge in [-0.15, -0.1) is 0 Å². The summed E-state index contributed by atoms with van der Waals surface area (Å²) in [7, 11) is 0. The second-order valence-corrected chi connectivity index (χ2v) is 10.4. The van der Waals surface area contributed by atoms with Gasteiger partial charge in [0.25, 0.3) is 5.56 Å². The maximum Gasteiger partial charge on any atom is 0.257 e. The highest BCUT2D eigenvalue weighted by molar-refractivity contribution is 7.99. The summed E-state index contributed by atoms with van der Waals surface area (Å²) < 4.78 is 0. The third-order valence-corrected chi connectivity index (χ3v) is 7.02. The van der Waals surface area contributed by atoms with Crippen molar-refractivity contribution in [2.75, 3.05) is 11.1 Å². The van der Waals surface area contributed by atoms with E-state index in [0.717, 1.165) is 36.3 Å². The Morgan fingerprint density at radius 1 is 1.19 bits per heavy atom. The van der Waals surface area contributed by atoms with Crippen LogP contribution < -0.4 is 10.9 Å². The normalized spacial score (nSPS) is 19.1. The number of carbonyl (C=O) groups excluding carboxylic acids is 1. The lowest BCUT2D eigenvalue weighted by Crippen LogP contribution is -2.37. The first-order valence-electron chi connectivity index (χ1n) is 11.1. The molecular weight excluding hydrogens is 420 g/mol. The second kappa shape index (κ2) is 8.95. The number of aromatic nitrogens is 2. The number of allylic oxidation sites excluding steroid dienone is 2. The van der Waals surface area contributed by atoms with Crippen molar-refractivity contribution in [3.63, 3.8) is 0 Å². The Labute approximate surface area is 192 Å². The van der Waals surface area contributed by atoms with Crippen LogP contribution in [0.5, 0.6) is 0 Å². The highest BCUT2D eigenvalue weighted by Gasteiger charge is 2.42. The van der Waals surface area contributed by atoms with E-state index in [-0.39, 0.29) is 16.8 Å². The number of aromatic amines is 1. The molecule has 1 aliphatic heterocycles. The molecule has 0 saturated carbocycles. The number of nitriles is 1. The molecular formula is C25H28N4O2S. The van der Waals surface area contributed by atoms with Crippen LogP contribution in [0.1, 0.15) is 75.5 Å². The van der Waals surface area contributed by atoms with Gasteiger partial charge in [0.1, 0.15) is 5.82 Å². The number of benzene rings is 1. The summed E-state index contributed by atoms with van der Waals surface area (Å²) in [5.74, 6) is 0.994. The smallest absolute Gasteiger partial charge is 0.257 e. The van der Waals surface area contributed by atoms with E-state index in [1.165, 1.54) is 0 Å². The largest absolute Gasteiger partial charge is 0.343 e. The molecule has 166 valence electrons. The van der Waals surface area contributed by atoms with E-state index >= 15 is 0 Å². The number of anilines is 1. The lowest BCUT2D eigenvalue weighted by Gasteiger charge is -2.38. The highest BCUT2D eigenvalue weighted by atomic mass is 32.2. The molecule has 0 saturated heterocycles. The van der Waals surface area contributed by atoms with Crippen LogP contribution in [0.4, 0.5) is 5.82 Å². The molecule has 1 aliphatic carbocycles. The zero-order valence-corrected chi connectivity index (χ0v) is 19.6. The standard InChI is InChI=1S/C25H28N4O2S/c1-4-5-6-11-32-24-28-22-21(23(31)29-24)19(16-9-7-15(14-26)8-10-16)20-17(27-22)12-25(2,3)13-18(20)30/h7-10,19H,4-6,11-13H2,1-3H3,(H2,27,28,29,31). The zero-order valence-electron chi connectivity index (χ0n) is 18.7. The van der Waals surface area contributed by atoms with Gasteiger partial charge in [0.2, 0.25) is 0 Å². The lowest BCUT2D eigenvalue weighted by molar-refractivity contribution is -0.118. The predicted molar refractivity (Wildman–Crippen MR) is 127 cm³/mol. The maximum absolute atomic E-state index is 13.3. The van der Waals surface area contributed by atoms with Crippen molar-refractivity contribution in [1.29, 1.82) is 5.26 Å². The molecule has 32 heavy (non-hydrogen) atoms. The number of unbranched alkanes of at least 4 members (excludes halogenated alkanes) is 2. The molecule has 7 heteroatoms. The first-order chi connectivity index (χ1) is 15.3. The molecule has 4 rings (SSSR count). The van der Waals surface area contributed by atoms with Crippen LogP contribution in [-0.4, -0.2) is 21.5 Å². The Balaban J connectivity index is 1.81. The molecule has 1 atom stereocenters. The average molecular weight is 449 g/mol. The maximum atomic E-state index is 13.3. The zero-order chi connectivity index (χ0) is 22.9. The van der Waals surface area contributed by atoms with Crippen molar-refractivity contribution in [2.45, 2.75) is 63.9 Å². The van der Waals surface area contributed by atoms with Gasteiger partial charge in [-0.25, -0.2) is 4.98 Å². The predicted octanol–water partition coefficient (Wildman–Crippen LogP) is 5.12. The molecule has 0 amide bonds. The van der Waals surface area contributed by atoms with Gasteiger partial charge in [0.15, 0.2) is 10.9 Å². The molecule has 6 nitrogen and oxygen atoms in total. The van der Waals surface area contributed by atoms with Crippen LogP contribution >= 0.6 is 11.8 Å². The number of Topliss-reactive ketones (excluding diaryl/α,β-unsaturated/α-hetero) is 1. The van der Waals surface area contributed by atoms with Crippen molar-refractivity contribution in [3.8, 4) is 6.07 Å². The fourth-order valence-electron chi connectivity index (χ4n) is 4.57. The van der Waals surface area contributed by atoms with E-state index in [1.807, 2.05) is 12.1 Å². The summed E-state index contributed by atoms with van der Waals surface area (Å²) in [4.78, 5) is 34.2. The first-order valence-corrected chi connectivity index (χ1v) is 12.1. The molecule has 2 aliphatic rings. The number of hydrogen-bond donors (Lipinski definition) is 2. The summed E-state index contributed by atoms with van der Waals surface area (Å²) in [5, 5.41) is 13.1. The minimum Gasteiger partial charge on any atom is -0.343 e. The summed E-state index contributed by atoms with van der Waals surface area (Å²) in [6.45, 7) is 6.33. The Bertz CT molecular complexity index is 1170. The highest BCUT2D eigenvalue weighted by Crippen LogP contribution is 2.47. The number of fused-ring (bicyclic) bond motifs is 1. The number of H-pyrrole nitrogens is 1. The van der Waals surface area contributed by atoms with Crippen LogP contribution in [0.25, 0.3) is 0 Å². The van der Waals surface area contributed by atoms with Crippen LogP contribution in [0.3, 0.4) is 0 Å². The molecule has 1 aromatic carbocycles. The third-order valence-electron chi connectivity index (χ3n) is 6.06. The minimum atomic E-state index is -0.493. The topological polar surface area (TPSA) is 98.6 Å². The molecule has 0 spiro atoms. The summed E-state index contributed by atoms with van der Waals surface area (Å²) in [6, 6.07) is 9.26. The SMILES string of the molecule is CCCCCSc1nc2c(c(=O)[nH]1)C(c1ccc(C#N)cc1)C1=C(CC(C)(C)CC1=O)N2. The van der Waals surface area contributed by atoms with Crippen LogP contribution in [0.2, 0.25) is 0 Å². The molecule has 0 bridgehead atoms. The van der Waals surface area contributed by atoms with Crippen LogP contribution in [0.15, 0.2) is 45.5 Å². The van der Waals surface area contributed by atoms with Gasteiger partial charge in [-0.05, 0) is 36.0 Å². The summed E-state index contributed by atoms with van der Waals surface area (Å²) in [5.41, 5.74) is 2.96. The Hall–Kier alpha value is -2.85. The summed E-state index contributed by atoms with van der Waals surface area (Å²) in [6.07, 6.45) is 4.51. The number of nitrogens with one attached hydrogen (secondary N) is 2. The number of ketones is 1. The fourth-order valence-corrected chi connectivity index (χ4v) is 5.43. The minimum absolute atomic E-state index is 0.0566. The van der Waals surface area contributed by atoms with Gasteiger partial charge in [-0.1, -0.05) is 57.5 Å². The molecule has 0 fully saturated rings.